The lowest BCUT2D eigenvalue weighted by molar-refractivity contribution is 0.219. The van der Waals surface area contributed by atoms with Gasteiger partial charge in [0.25, 0.3) is 0 Å². The topological polar surface area (TPSA) is 106 Å². The van der Waals surface area contributed by atoms with E-state index in [9.17, 15) is 4.39 Å². The molecule has 2 N–H and O–H groups in total. The summed E-state index contributed by atoms with van der Waals surface area (Å²) in [7, 11) is 0. The number of piperidine rings is 2. The van der Waals surface area contributed by atoms with Crippen LogP contribution < -0.4 is 20.3 Å². The Kier molecular flexibility index (Phi) is 8.60. The van der Waals surface area contributed by atoms with Crippen LogP contribution in [-0.4, -0.2) is 58.9 Å². The molecule has 9 nitrogen and oxygen atoms in total. The fourth-order valence-corrected chi connectivity index (χ4v) is 5.72. The highest BCUT2D eigenvalue weighted by Gasteiger charge is 2.31. The molecule has 3 aromatic rings. The van der Waals surface area contributed by atoms with Crippen LogP contribution in [-0.2, 0) is 0 Å². The number of anilines is 2. The first-order valence-electron chi connectivity index (χ1n) is 14.2. The molecule has 10 heteroatoms. The second kappa shape index (κ2) is 12.3. The van der Waals surface area contributed by atoms with Crippen molar-refractivity contribution in [1.29, 1.82) is 0 Å². The van der Waals surface area contributed by atoms with Crippen LogP contribution in [0.5, 0.6) is 5.75 Å². The third-order valence-electron chi connectivity index (χ3n) is 8.26. The second-order valence-corrected chi connectivity index (χ2v) is 11.3. The molecule has 2 aliphatic heterocycles. The Morgan fingerprint density at radius 3 is 2.44 bits per heavy atom. The van der Waals surface area contributed by atoms with E-state index < -0.39 is 0 Å². The molecular weight excluding hydrogens is 497 g/mol. The number of ether oxygens (including phenoxy) is 1. The lowest BCUT2D eigenvalue weighted by Gasteiger charge is -2.37. The summed E-state index contributed by atoms with van der Waals surface area (Å²) in [6.07, 6.45) is 7.41. The van der Waals surface area contributed by atoms with Crippen LogP contribution in [0.15, 0.2) is 41.2 Å². The highest BCUT2D eigenvalue weighted by molar-refractivity contribution is 5.35. The zero-order chi connectivity index (χ0) is 27.4. The van der Waals surface area contributed by atoms with E-state index in [4.69, 9.17) is 15.0 Å². The first kappa shape index (κ1) is 27.3. The normalized spacial score (nSPS) is 21.4. The van der Waals surface area contributed by atoms with Gasteiger partial charge in [0.15, 0.2) is 11.6 Å². The predicted molar refractivity (Wildman–Crippen MR) is 149 cm³/mol. The standard InChI is InChI=1S/C29H40FN7O2/c1-19(2)27-34-29(39-35-27)36-12-8-21(9-13-36)20(3)11-15-38-22-16-32-28(33-17-22)37-14-10-24(26(31)18-37)23-6-4-5-7-25(23)30/h4-7,16-17,19-21,24,26H,8-15,18,31H2,1-3H3/t20-,24-,26+/m1/s1. The molecule has 2 saturated heterocycles. The molecule has 0 unspecified atom stereocenters. The van der Waals surface area contributed by atoms with Crippen LogP contribution >= 0.6 is 0 Å². The summed E-state index contributed by atoms with van der Waals surface area (Å²) in [5.41, 5.74) is 7.14. The molecule has 2 aromatic heterocycles. The minimum Gasteiger partial charge on any atom is -0.490 e. The summed E-state index contributed by atoms with van der Waals surface area (Å²) in [4.78, 5) is 17.9. The number of nitrogens with zero attached hydrogens (tertiary/aromatic N) is 6. The highest BCUT2D eigenvalue weighted by Crippen LogP contribution is 2.31. The zero-order valence-electron chi connectivity index (χ0n) is 23.2. The van der Waals surface area contributed by atoms with Crippen LogP contribution in [0, 0.1) is 17.7 Å². The molecule has 0 saturated carbocycles. The van der Waals surface area contributed by atoms with Crippen molar-refractivity contribution in [3.63, 3.8) is 0 Å². The van der Waals surface area contributed by atoms with E-state index in [2.05, 4.69) is 50.7 Å². The SMILES string of the molecule is CC(C)c1noc(N2CCC([C@H](C)CCOc3cnc(N4CC[C@H](c5ccccc5F)[C@@H](N)C4)nc3)CC2)n1. The Labute approximate surface area is 230 Å². The van der Waals surface area contributed by atoms with E-state index in [1.165, 1.54) is 6.07 Å². The first-order valence-corrected chi connectivity index (χ1v) is 14.2. The fraction of sp³-hybridized carbons (Fsp3) is 0.586. The van der Waals surface area contributed by atoms with Crippen molar-refractivity contribution in [3.8, 4) is 5.75 Å². The van der Waals surface area contributed by atoms with Crippen molar-refractivity contribution in [2.45, 2.75) is 64.3 Å². The third kappa shape index (κ3) is 6.49. The van der Waals surface area contributed by atoms with Crippen molar-refractivity contribution in [2.24, 2.45) is 17.6 Å². The van der Waals surface area contributed by atoms with Gasteiger partial charge in [-0.1, -0.05) is 44.1 Å². The van der Waals surface area contributed by atoms with E-state index in [-0.39, 0.29) is 23.7 Å². The molecule has 0 aliphatic carbocycles. The molecule has 5 rings (SSSR count). The Bertz CT molecular complexity index is 1200. The molecule has 3 atom stereocenters. The molecule has 4 heterocycles. The van der Waals surface area contributed by atoms with Gasteiger partial charge in [-0.05, 0) is 49.1 Å². The summed E-state index contributed by atoms with van der Waals surface area (Å²) >= 11 is 0. The van der Waals surface area contributed by atoms with Crippen molar-refractivity contribution in [2.75, 3.05) is 42.6 Å². The Morgan fingerprint density at radius 2 is 1.77 bits per heavy atom. The number of halogens is 1. The predicted octanol–water partition coefficient (Wildman–Crippen LogP) is 4.76. The Morgan fingerprint density at radius 1 is 1.05 bits per heavy atom. The number of benzene rings is 1. The molecule has 0 spiro atoms. The van der Waals surface area contributed by atoms with Crippen LogP contribution in [0.2, 0.25) is 0 Å². The summed E-state index contributed by atoms with van der Waals surface area (Å²) in [6, 6.07) is 7.37. The van der Waals surface area contributed by atoms with E-state index in [1.807, 2.05) is 12.1 Å². The molecular formula is C29H40FN7O2. The molecule has 39 heavy (non-hydrogen) atoms. The summed E-state index contributed by atoms with van der Waals surface area (Å²) in [5.74, 6) is 3.34. The summed E-state index contributed by atoms with van der Waals surface area (Å²) < 4.78 is 25.7. The molecule has 0 radical (unpaired) electrons. The van der Waals surface area contributed by atoms with Crippen LogP contribution in [0.25, 0.3) is 0 Å². The van der Waals surface area contributed by atoms with Gasteiger partial charge in [0.1, 0.15) is 5.82 Å². The Balaban J connectivity index is 1.04. The monoisotopic (exact) mass is 537 g/mol. The number of hydrogen-bond donors (Lipinski definition) is 1. The van der Waals surface area contributed by atoms with Crippen LogP contribution in [0.1, 0.15) is 69.7 Å². The average molecular weight is 538 g/mol. The molecule has 2 fully saturated rings. The minimum atomic E-state index is -0.187. The number of rotatable bonds is 9. The van der Waals surface area contributed by atoms with Crippen LogP contribution in [0.3, 0.4) is 0 Å². The number of hydrogen-bond acceptors (Lipinski definition) is 9. The largest absolute Gasteiger partial charge is 0.490 e. The van der Waals surface area contributed by atoms with Gasteiger partial charge in [-0.3, -0.25) is 0 Å². The van der Waals surface area contributed by atoms with Gasteiger partial charge in [0.2, 0.25) is 5.95 Å². The maximum absolute atomic E-state index is 14.3. The molecule has 0 amide bonds. The van der Waals surface area contributed by atoms with Crippen molar-refractivity contribution >= 4 is 12.0 Å². The van der Waals surface area contributed by atoms with Gasteiger partial charge in [-0.2, -0.15) is 4.98 Å². The van der Waals surface area contributed by atoms with E-state index in [0.29, 0.717) is 48.3 Å². The highest BCUT2D eigenvalue weighted by atomic mass is 19.1. The van der Waals surface area contributed by atoms with Crippen molar-refractivity contribution in [3.05, 3.63) is 53.9 Å². The Hall–Kier alpha value is -3.27. The number of nitrogens with two attached hydrogens (primary N) is 1. The average Bonchev–Trinajstić information content (AvgIpc) is 3.45. The summed E-state index contributed by atoms with van der Waals surface area (Å²) in [6.45, 7) is 10.3. The molecule has 210 valence electrons. The lowest BCUT2D eigenvalue weighted by Crippen LogP contribution is -2.48. The van der Waals surface area contributed by atoms with Gasteiger partial charge in [-0.25, -0.2) is 14.4 Å². The van der Waals surface area contributed by atoms with Crippen molar-refractivity contribution < 1.29 is 13.7 Å². The zero-order valence-corrected chi connectivity index (χ0v) is 23.2. The van der Waals surface area contributed by atoms with Crippen LogP contribution in [0.4, 0.5) is 16.4 Å². The minimum absolute atomic E-state index is 0.00386. The van der Waals surface area contributed by atoms with Gasteiger partial charge >= 0.3 is 6.01 Å². The van der Waals surface area contributed by atoms with E-state index in [1.54, 1.807) is 18.5 Å². The van der Waals surface area contributed by atoms with E-state index in [0.717, 1.165) is 51.1 Å². The smallest absolute Gasteiger partial charge is 0.324 e. The maximum Gasteiger partial charge on any atom is 0.324 e. The van der Waals surface area contributed by atoms with Crippen molar-refractivity contribution in [1.82, 2.24) is 20.1 Å². The lowest BCUT2D eigenvalue weighted by atomic mass is 9.84. The van der Waals surface area contributed by atoms with E-state index >= 15 is 0 Å². The quantitative estimate of drug-likeness (QED) is 0.413. The number of aromatic nitrogens is 4. The maximum atomic E-state index is 14.3. The van der Waals surface area contributed by atoms with Gasteiger partial charge < -0.3 is 24.8 Å². The van der Waals surface area contributed by atoms with Gasteiger partial charge in [-0.15, -0.1) is 0 Å². The fourth-order valence-electron chi connectivity index (χ4n) is 5.72. The summed E-state index contributed by atoms with van der Waals surface area (Å²) in [5, 5.41) is 4.09. The third-order valence-corrected chi connectivity index (χ3v) is 8.26. The molecule has 0 bridgehead atoms. The van der Waals surface area contributed by atoms with Gasteiger partial charge in [0, 0.05) is 44.1 Å². The molecule has 1 aromatic carbocycles. The second-order valence-electron chi connectivity index (χ2n) is 11.3. The first-order chi connectivity index (χ1) is 18.9. The van der Waals surface area contributed by atoms with Gasteiger partial charge in [0.05, 0.1) is 19.0 Å². The molecule has 2 aliphatic rings.